The zero-order chi connectivity index (χ0) is 11.7. The number of hydrazone groups is 1. The number of amides is 1. The molecule has 0 radical (unpaired) electrons. The summed E-state index contributed by atoms with van der Waals surface area (Å²) in [4.78, 5) is 22.0. The fourth-order valence-corrected chi connectivity index (χ4v) is 1.50. The third-order valence-electron chi connectivity index (χ3n) is 2.26. The molecule has 0 unspecified atom stereocenters. The molecule has 1 aliphatic rings. The van der Waals surface area contributed by atoms with Gasteiger partial charge in [0.2, 0.25) is 0 Å². The highest BCUT2D eigenvalue weighted by atomic mass is 16.4. The minimum absolute atomic E-state index is 0.0797. The van der Waals surface area contributed by atoms with E-state index >= 15 is 0 Å². The number of nitrogens with zero attached hydrogens (tertiary/aromatic N) is 2. The molecule has 2 rings (SSSR count). The van der Waals surface area contributed by atoms with E-state index < -0.39 is 5.97 Å². The van der Waals surface area contributed by atoms with E-state index in [0.29, 0.717) is 12.1 Å². The smallest absolute Gasteiger partial charge is 0.253 e. The van der Waals surface area contributed by atoms with Gasteiger partial charge in [-0.25, -0.2) is 5.01 Å². The van der Waals surface area contributed by atoms with Gasteiger partial charge >= 0.3 is 0 Å². The summed E-state index contributed by atoms with van der Waals surface area (Å²) in [7, 11) is 0. The number of rotatable bonds is 2. The summed E-state index contributed by atoms with van der Waals surface area (Å²) in [5.74, 6) is -1.35. The van der Waals surface area contributed by atoms with E-state index in [1.54, 1.807) is 6.92 Å². The van der Waals surface area contributed by atoms with Crippen molar-refractivity contribution in [2.45, 2.75) is 13.3 Å². The fraction of sp³-hybridized carbons (Fsp3) is 0.182. The Bertz CT molecular complexity index is 477. The van der Waals surface area contributed by atoms with Crippen molar-refractivity contribution < 1.29 is 14.7 Å². The van der Waals surface area contributed by atoms with Crippen LogP contribution in [0, 0.1) is 0 Å². The Morgan fingerprint density at radius 3 is 2.44 bits per heavy atom. The summed E-state index contributed by atoms with van der Waals surface area (Å²) < 4.78 is 0. The van der Waals surface area contributed by atoms with E-state index in [4.69, 9.17) is 0 Å². The number of anilines is 1. The molecule has 16 heavy (non-hydrogen) atoms. The van der Waals surface area contributed by atoms with Crippen molar-refractivity contribution in [3.8, 4) is 0 Å². The molecule has 5 nitrogen and oxygen atoms in total. The Morgan fingerprint density at radius 2 is 2.00 bits per heavy atom. The molecule has 1 aromatic carbocycles. The van der Waals surface area contributed by atoms with E-state index in [2.05, 4.69) is 5.10 Å². The summed E-state index contributed by atoms with van der Waals surface area (Å²) >= 11 is 0. The second-order valence-electron chi connectivity index (χ2n) is 3.55. The third-order valence-corrected chi connectivity index (χ3v) is 2.26. The van der Waals surface area contributed by atoms with E-state index in [-0.39, 0.29) is 11.5 Å². The van der Waals surface area contributed by atoms with Crippen molar-refractivity contribution in [2.24, 2.45) is 5.10 Å². The van der Waals surface area contributed by atoms with Crippen LogP contribution in [-0.4, -0.2) is 17.6 Å². The van der Waals surface area contributed by atoms with Crippen molar-refractivity contribution in [3.05, 3.63) is 29.8 Å². The lowest BCUT2D eigenvalue weighted by Crippen LogP contribution is -2.23. The van der Waals surface area contributed by atoms with Gasteiger partial charge in [-0.1, -0.05) is 12.1 Å². The molecule has 0 fully saturated rings. The van der Waals surface area contributed by atoms with Crippen LogP contribution < -0.4 is 10.1 Å². The zero-order valence-corrected chi connectivity index (χ0v) is 8.64. The molecule has 0 N–H and O–H groups in total. The molecule has 1 aromatic rings. The number of carbonyl (C=O) groups excluding carboxylic acids is 2. The molecular weight excluding hydrogens is 208 g/mol. The first-order chi connectivity index (χ1) is 7.58. The number of carbonyl (C=O) groups is 2. The van der Waals surface area contributed by atoms with Gasteiger partial charge in [-0.3, -0.25) is 4.79 Å². The summed E-state index contributed by atoms with van der Waals surface area (Å²) in [6.07, 6.45) is 0.308. The Balaban J connectivity index is 2.29. The van der Waals surface area contributed by atoms with Gasteiger partial charge in [0.25, 0.3) is 5.91 Å². The van der Waals surface area contributed by atoms with Crippen LogP contribution in [0.1, 0.15) is 23.7 Å². The molecular formula is C11H9N2O3-. The van der Waals surface area contributed by atoms with Gasteiger partial charge < -0.3 is 9.90 Å². The standard InChI is InChI=1S/C11H10N2O3/c1-7-6-10(14)13(12-7)9-4-2-8(3-5-9)11(15)16/h2-5H,6H2,1H3,(H,15,16)/p-1. The fourth-order valence-electron chi connectivity index (χ4n) is 1.50. The Hall–Kier alpha value is -2.17. The first kappa shape index (κ1) is 10.4. The highest BCUT2D eigenvalue weighted by molar-refractivity contribution is 6.12. The van der Waals surface area contributed by atoms with Gasteiger partial charge in [0.1, 0.15) is 0 Å². The monoisotopic (exact) mass is 217 g/mol. The van der Waals surface area contributed by atoms with Gasteiger partial charge in [-0.15, -0.1) is 0 Å². The normalized spacial score (nSPS) is 15.2. The second-order valence-corrected chi connectivity index (χ2v) is 3.55. The molecule has 82 valence electrons. The molecule has 0 spiro atoms. The molecule has 0 aromatic heterocycles. The van der Waals surface area contributed by atoms with Gasteiger partial charge in [0, 0.05) is 5.71 Å². The maximum absolute atomic E-state index is 11.5. The van der Waals surface area contributed by atoms with Crippen LogP contribution in [0.3, 0.4) is 0 Å². The quantitative estimate of drug-likeness (QED) is 0.708. The van der Waals surface area contributed by atoms with Crippen LogP contribution in [0.15, 0.2) is 29.4 Å². The van der Waals surface area contributed by atoms with Crippen LogP contribution in [0.4, 0.5) is 5.69 Å². The summed E-state index contributed by atoms with van der Waals surface area (Å²) in [6.45, 7) is 1.77. The van der Waals surface area contributed by atoms with E-state index in [9.17, 15) is 14.7 Å². The minimum atomic E-state index is -1.24. The van der Waals surface area contributed by atoms with Crippen molar-refractivity contribution in [2.75, 3.05) is 5.01 Å². The average Bonchev–Trinajstić information content (AvgIpc) is 2.58. The number of hydrogen-bond donors (Lipinski definition) is 0. The molecule has 1 aliphatic heterocycles. The minimum Gasteiger partial charge on any atom is -0.545 e. The topological polar surface area (TPSA) is 72.8 Å². The molecule has 0 saturated heterocycles. The van der Waals surface area contributed by atoms with Gasteiger partial charge in [0.15, 0.2) is 0 Å². The maximum atomic E-state index is 11.5. The lowest BCUT2D eigenvalue weighted by molar-refractivity contribution is -0.255. The molecule has 1 heterocycles. The highest BCUT2D eigenvalue weighted by Gasteiger charge is 2.22. The average molecular weight is 217 g/mol. The second kappa shape index (κ2) is 3.77. The number of carboxylic acids is 1. The summed E-state index contributed by atoms with van der Waals surface area (Å²) in [5, 5.41) is 15.9. The number of aromatic carboxylic acids is 1. The van der Waals surface area contributed by atoms with Crippen LogP contribution in [0.2, 0.25) is 0 Å². The molecule has 5 heteroatoms. The van der Waals surface area contributed by atoms with Crippen molar-refractivity contribution in [3.63, 3.8) is 0 Å². The Kier molecular flexibility index (Phi) is 2.44. The first-order valence-electron chi connectivity index (χ1n) is 4.76. The SMILES string of the molecule is CC1=NN(c2ccc(C(=O)[O-])cc2)C(=O)C1. The summed E-state index contributed by atoms with van der Waals surface area (Å²) in [6, 6.07) is 5.85. The highest BCUT2D eigenvalue weighted by Crippen LogP contribution is 2.20. The predicted molar refractivity (Wildman–Crippen MR) is 56.0 cm³/mol. The molecule has 0 saturated carbocycles. The number of hydrogen-bond acceptors (Lipinski definition) is 4. The predicted octanol–water partition coefficient (Wildman–Crippen LogP) is 0.163. The van der Waals surface area contributed by atoms with Crippen LogP contribution in [0.25, 0.3) is 0 Å². The molecule has 0 atom stereocenters. The van der Waals surface area contributed by atoms with Crippen molar-refractivity contribution in [1.29, 1.82) is 0 Å². The van der Waals surface area contributed by atoms with Gasteiger partial charge in [-0.2, -0.15) is 5.10 Å². The van der Waals surface area contributed by atoms with Crippen LogP contribution >= 0.6 is 0 Å². The van der Waals surface area contributed by atoms with Crippen LogP contribution in [0.5, 0.6) is 0 Å². The first-order valence-corrected chi connectivity index (χ1v) is 4.76. The molecule has 0 bridgehead atoms. The van der Waals surface area contributed by atoms with Crippen LogP contribution in [-0.2, 0) is 4.79 Å². The van der Waals surface area contributed by atoms with Gasteiger partial charge in [-0.05, 0) is 24.6 Å². The van der Waals surface area contributed by atoms with E-state index in [0.717, 1.165) is 5.71 Å². The van der Waals surface area contributed by atoms with Crippen molar-refractivity contribution in [1.82, 2.24) is 0 Å². The lowest BCUT2D eigenvalue weighted by atomic mass is 10.2. The van der Waals surface area contributed by atoms with Gasteiger partial charge in [0.05, 0.1) is 18.1 Å². The maximum Gasteiger partial charge on any atom is 0.253 e. The third kappa shape index (κ3) is 1.79. The Morgan fingerprint density at radius 1 is 1.38 bits per heavy atom. The zero-order valence-electron chi connectivity index (χ0n) is 8.64. The van der Waals surface area contributed by atoms with E-state index in [1.165, 1.54) is 29.3 Å². The number of benzene rings is 1. The van der Waals surface area contributed by atoms with E-state index in [1.807, 2.05) is 0 Å². The number of carboxylic acid groups (broad SMARTS) is 1. The lowest BCUT2D eigenvalue weighted by Gasteiger charge is -2.12. The molecule has 1 amide bonds. The Labute approximate surface area is 92.0 Å². The largest absolute Gasteiger partial charge is 0.545 e. The molecule has 0 aliphatic carbocycles. The van der Waals surface area contributed by atoms with Crippen molar-refractivity contribution >= 4 is 23.3 Å². The summed E-state index contributed by atoms with van der Waals surface area (Å²) in [5.41, 5.74) is 1.39.